The second kappa shape index (κ2) is 8.45. The molecule has 1 aliphatic heterocycles. The molecule has 0 aromatic carbocycles. The fourth-order valence-electron chi connectivity index (χ4n) is 2.00. The third-order valence-corrected chi connectivity index (χ3v) is 3.06. The molecule has 3 nitrogen and oxygen atoms in total. The molecule has 0 aromatic rings. The number of nitrogens with zero attached hydrogens (tertiary/aromatic N) is 1. The van der Waals surface area contributed by atoms with E-state index in [0.717, 1.165) is 6.54 Å². The van der Waals surface area contributed by atoms with Crippen molar-refractivity contribution < 1.29 is 0 Å². The topological polar surface area (TPSA) is 27.3 Å². The minimum Gasteiger partial charge on any atom is -0.309 e. The van der Waals surface area contributed by atoms with Crippen molar-refractivity contribution in [3.05, 3.63) is 11.9 Å². The second-order valence-corrected chi connectivity index (χ2v) is 4.56. The van der Waals surface area contributed by atoms with Crippen LogP contribution in [0.5, 0.6) is 0 Å². The fourth-order valence-corrected chi connectivity index (χ4v) is 2.00. The van der Waals surface area contributed by atoms with Crippen LogP contribution in [0.4, 0.5) is 0 Å². The second-order valence-electron chi connectivity index (χ2n) is 4.56. The van der Waals surface area contributed by atoms with E-state index in [-0.39, 0.29) is 0 Å². The van der Waals surface area contributed by atoms with Gasteiger partial charge in [-0.3, -0.25) is 5.01 Å². The molecule has 2 N–H and O–H groups in total. The van der Waals surface area contributed by atoms with Gasteiger partial charge in [-0.15, -0.1) is 5.53 Å². The molecule has 0 aliphatic carbocycles. The quantitative estimate of drug-likeness (QED) is 0.589. The van der Waals surface area contributed by atoms with Crippen molar-refractivity contribution in [1.29, 1.82) is 0 Å². The zero-order chi connectivity index (χ0) is 11.6. The van der Waals surface area contributed by atoms with E-state index in [9.17, 15) is 0 Å². The van der Waals surface area contributed by atoms with E-state index in [1.807, 2.05) is 0 Å². The number of rotatable bonds is 9. The lowest BCUT2D eigenvalue weighted by atomic mass is 10.1. The molecule has 0 radical (unpaired) electrons. The van der Waals surface area contributed by atoms with Crippen LogP contribution >= 0.6 is 0 Å². The number of nitrogens with one attached hydrogen (secondary N) is 2. The summed E-state index contributed by atoms with van der Waals surface area (Å²) < 4.78 is 0. The number of unbranched alkanes of at least 4 members (excludes halogenated alkanes) is 5. The molecule has 3 heteroatoms. The summed E-state index contributed by atoms with van der Waals surface area (Å²) in [7, 11) is 0. The first-order valence-electron chi connectivity index (χ1n) is 6.86. The highest BCUT2D eigenvalue weighted by Gasteiger charge is 2.12. The zero-order valence-corrected chi connectivity index (χ0v) is 10.9. The summed E-state index contributed by atoms with van der Waals surface area (Å²) in [5, 5.41) is 2.27. The number of allylic oxidation sites excluding steroid dienone is 1. The van der Waals surface area contributed by atoms with Gasteiger partial charge in [0.1, 0.15) is 0 Å². The van der Waals surface area contributed by atoms with Gasteiger partial charge in [0.05, 0.1) is 0 Å². The molecular formula is C13H27N3. The average molecular weight is 225 g/mol. The molecule has 0 saturated carbocycles. The van der Waals surface area contributed by atoms with Crippen molar-refractivity contribution in [3.8, 4) is 0 Å². The highest BCUT2D eigenvalue weighted by Crippen LogP contribution is 2.15. The van der Waals surface area contributed by atoms with Crippen LogP contribution in [0.1, 0.15) is 65.2 Å². The molecule has 1 heterocycles. The summed E-state index contributed by atoms with van der Waals surface area (Å²) in [5.41, 5.74) is 7.72. The summed E-state index contributed by atoms with van der Waals surface area (Å²) >= 11 is 0. The first-order valence-corrected chi connectivity index (χ1v) is 6.86. The van der Waals surface area contributed by atoms with Crippen molar-refractivity contribution >= 4 is 0 Å². The van der Waals surface area contributed by atoms with Gasteiger partial charge in [0.2, 0.25) is 0 Å². The van der Waals surface area contributed by atoms with Crippen LogP contribution in [0, 0.1) is 0 Å². The number of hydrogen-bond donors (Lipinski definition) is 2. The lowest BCUT2D eigenvalue weighted by Crippen LogP contribution is -2.38. The van der Waals surface area contributed by atoms with E-state index >= 15 is 0 Å². The maximum atomic E-state index is 3.20. The van der Waals surface area contributed by atoms with Crippen LogP contribution < -0.4 is 11.0 Å². The normalized spacial score (nSPS) is 15.1. The summed E-state index contributed by atoms with van der Waals surface area (Å²) in [6.45, 7) is 5.63. The Morgan fingerprint density at radius 3 is 2.50 bits per heavy atom. The Balaban J connectivity index is 2.13. The van der Waals surface area contributed by atoms with Gasteiger partial charge in [-0.1, -0.05) is 46.0 Å². The van der Waals surface area contributed by atoms with Crippen molar-refractivity contribution in [2.75, 3.05) is 6.54 Å². The molecule has 0 saturated heterocycles. The Labute approximate surface area is 100 Å². The van der Waals surface area contributed by atoms with Crippen LogP contribution in [0.15, 0.2) is 11.9 Å². The Morgan fingerprint density at radius 1 is 1.00 bits per heavy atom. The molecule has 0 atom stereocenters. The summed E-state index contributed by atoms with van der Waals surface area (Å²) in [6.07, 6.45) is 12.5. The maximum Gasteiger partial charge on any atom is 0.0483 e. The zero-order valence-electron chi connectivity index (χ0n) is 10.9. The lowest BCUT2D eigenvalue weighted by Gasteiger charge is -2.21. The van der Waals surface area contributed by atoms with Gasteiger partial charge in [-0.2, -0.15) is 0 Å². The van der Waals surface area contributed by atoms with Gasteiger partial charge in [0.25, 0.3) is 0 Å². The Morgan fingerprint density at radius 2 is 1.75 bits per heavy atom. The van der Waals surface area contributed by atoms with Gasteiger partial charge >= 0.3 is 0 Å². The van der Waals surface area contributed by atoms with Crippen LogP contribution in [-0.4, -0.2) is 11.6 Å². The largest absolute Gasteiger partial charge is 0.309 e. The molecule has 1 aliphatic rings. The first kappa shape index (κ1) is 13.4. The van der Waals surface area contributed by atoms with E-state index in [4.69, 9.17) is 0 Å². The Bertz CT molecular complexity index is 201. The molecule has 0 aromatic heterocycles. The fraction of sp³-hybridized carbons (Fsp3) is 0.846. The van der Waals surface area contributed by atoms with Crippen LogP contribution in [0.3, 0.4) is 0 Å². The van der Waals surface area contributed by atoms with Crippen molar-refractivity contribution in [1.82, 2.24) is 16.0 Å². The van der Waals surface area contributed by atoms with Gasteiger partial charge in [0.15, 0.2) is 0 Å². The van der Waals surface area contributed by atoms with E-state index in [2.05, 4.69) is 36.0 Å². The molecule has 0 unspecified atom stereocenters. The molecular weight excluding hydrogens is 198 g/mol. The predicted molar refractivity (Wildman–Crippen MR) is 69.3 cm³/mol. The van der Waals surface area contributed by atoms with Crippen LogP contribution in [0.25, 0.3) is 0 Å². The van der Waals surface area contributed by atoms with Crippen molar-refractivity contribution in [3.63, 3.8) is 0 Å². The summed E-state index contributed by atoms with van der Waals surface area (Å²) in [5.74, 6) is 0. The Kier molecular flexibility index (Phi) is 7.06. The predicted octanol–water partition coefficient (Wildman–Crippen LogP) is 3.31. The number of hydrogen-bond acceptors (Lipinski definition) is 3. The van der Waals surface area contributed by atoms with E-state index < -0.39 is 0 Å². The highest BCUT2D eigenvalue weighted by atomic mass is 15.7. The van der Waals surface area contributed by atoms with Crippen LogP contribution in [-0.2, 0) is 0 Å². The van der Waals surface area contributed by atoms with Crippen molar-refractivity contribution in [2.45, 2.75) is 65.2 Å². The molecule has 0 spiro atoms. The smallest absolute Gasteiger partial charge is 0.0483 e. The molecule has 16 heavy (non-hydrogen) atoms. The van der Waals surface area contributed by atoms with Crippen molar-refractivity contribution in [2.24, 2.45) is 0 Å². The van der Waals surface area contributed by atoms with E-state index in [0.29, 0.717) is 0 Å². The highest BCUT2D eigenvalue weighted by molar-refractivity contribution is 5.02. The van der Waals surface area contributed by atoms with Gasteiger partial charge in [-0.25, -0.2) is 0 Å². The molecule has 0 bridgehead atoms. The van der Waals surface area contributed by atoms with Gasteiger partial charge < -0.3 is 5.43 Å². The molecule has 94 valence electrons. The minimum atomic E-state index is 1.13. The summed E-state index contributed by atoms with van der Waals surface area (Å²) in [6, 6.07) is 0. The molecule has 1 rings (SSSR count). The first-order chi connectivity index (χ1) is 7.88. The lowest BCUT2D eigenvalue weighted by molar-refractivity contribution is 0.238. The maximum absolute atomic E-state index is 3.20. The van der Waals surface area contributed by atoms with Crippen LogP contribution in [0.2, 0.25) is 0 Å². The monoisotopic (exact) mass is 225 g/mol. The average Bonchev–Trinajstić information content (AvgIpc) is 2.73. The Hall–Kier alpha value is -0.700. The van der Waals surface area contributed by atoms with E-state index in [1.54, 1.807) is 0 Å². The van der Waals surface area contributed by atoms with E-state index in [1.165, 1.54) is 57.1 Å². The summed E-state index contributed by atoms with van der Waals surface area (Å²) in [4.78, 5) is 0. The van der Waals surface area contributed by atoms with Gasteiger partial charge in [-0.05, 0) is 19.3 Å². The number of hydrazine groups is 2. The molecule has 0 amide bonds. The molecule has 0 fully saturated rings. The standard InChI is InChI=1S/C13H27N3/c1-3-5-7-8-10-13-12-14-15-16(13)11-9-6-4-2/h12,14-15H,3-11H2,1-2H3. The third-order valence-electron chi connectivity index (χ3n) is 3.06. The third kappa shape index (κ3) is 4.88. The van der Waals surface area contributed by atoms with Gasteiger partial charge in [0, 0.05) is 18.4 Å². The minimum absolute atomic E-state index is 1.13. The SMILES string of the molecule is CCCCCCC1=CNNN1CCCCC.